The Morgan fingerprint density at radius 1 is 1.09 bits per heavy atom. The van der Waals surface area contributed by atoms with Gasteiger partial charge < -0.3 is 20.9 Å². The summed E-state index contributed by atoms with van der Waals surface area (Å²) < 4.78 is 0. The van der Waals surface area contributed by atoms with Crippen molar-refractivity contribution in [3.05, 3.63) is 77.8 Å². The SMILES string of the molecule is C=C(NC(=NCCNC(=O)Nc1ccc(N(C)C)c2ccccc12)NN)c1cccc(Cl)c1. The molecule has 0 bridgehead atoms. The second-order valence-corrected chi connectivity index (χ2v) is 7.88. The summed E-state index contributed by atoms with van der Waals surface area (Å²) in [6.45, 7) is 4.59. The monoisotopic (exact) mass is 465 g/mol. The zero-order valence-corrected chi connectivity index (χ0v) is 19.4. The van der Waals surface area contributed by atoms with Crippen molar-refractivity contribution in [3.63, 3.8) is 0 Å². The minimum absolute atomic E-state index is 0.309. The van der Waals surface area contributed by atoms with Crippen molar-refractivity contribution in [2.45, 2.75) is 0 Å². The lowest BCUT2D eigenvalue weighted by Gasteiger charge is -2.18. The van der Waals surface area contributed by atoms with Gasteiger partial charge in [0.05, 0.1) is 12.2 Å². The summed E-state index contributed by atoms with van der Waals surface area (Å²) in [5.41, 5.74) is 5.72. The van der Waals surface area contributed by atoms with Crippen LogP contribution in [0.15, 0.2) is 72.2 Å². The molecule has 0 aromatic heterocycles. The fourth-order valence-electron chi connectivity index (χ4n) is 3.30. The Balaban J connectivity index is 1.55. The van der Waals surface area contributed by atoms with E-state index in [2.05, 4.69) is 32.9 Å². The van der Waals surface area contributed by atoms with Gasteiger partial charge in [0.15, 0.2) is 0 Å². The second kappa shape index (κ2) is 11.2. The molecule has 0 spiro atoms. The molecular formula is C24H28ClN7O. The van der Waals surface area contributed by atoms with Crippen LogP contribution in [0.1, 0.15) is 5.56 Å². The molecule has 0 radical (unpaired) electrons. The van der Waals surface area contributed by atoms with Crippen LogP contribution in [0.25, 0.3) is 16.5 Å². The number of anilines is 2. The number of amides is 2. The Hall–Kier alpha value is -3.75. The van der Waals surface area contributed by atoms with E-state index in [4.69, 9.17) is 17.4 Å². The number of carbonyl (C=O) groups is 1. The van der Waals surface area contributed by atoms with Crippen molar-refractivity contribution in [2.24, 2.45) is 10.8 Å². The van der Waals surface area contributed by atoms with Crippen molar-refractivity contribution >= 4 is 51.4 Å². The summed E-state index contributed by atoms with van der Waals surface area (Å²) in [6, 6.07) is 18.8. The van der Waals surface area contributed by atoms with Gasteiger partial charge in [0.25, 0.3) is 0 Å². The Labute approximate surface area is 198 Å². The number of halogens is 1. The number of nitrogens with one attached hydrogen (secondary N) is 4. The smallest absolute Gasteiger partial charge is 0.319 e. The molecule has 0 aliphatic carbocycles. The van der Waals surface area contributed by atoms with Gasteiger partial charge in [0.1, 0.15) is 0 Å². The minimum Gasteiger partial charge on any atom is -0.377 e. The molecule has 6 N–H and O–H groups in total. The number of hydrogen-bond acceptors (Lipinski definition) is 4. The number of benzene rings is 3. The lowest BCUT2D eigenvalue weighted by molar-refractivity contribution is 0.252. The average Bonchev–Trinajstić information content (AvgIpc) is 2.80. The molecule has 0 aliphatic rings. The third kappa shape index (κ3) is 6.38. The maximum atomic E-state index is 12.4. The quantitative estimate of drug-likeness (QED) is 0.120. The summed E-state index contributed by atoms with van der Waals surface area (Å²) >= 11 is 6.02. The number of nitrogens with two attached hydrogens (primary N) is 1. The predicted octanol–water partition coefficient (Wildman–Crippen LogP) is 3.76. The van der Waals surface area contributed by atoms with Crippen molar-refractivity contribution in [3.8, 4) is 0 Å². The lowest BCUT2D eigenvalue weighted by atomic mass is 10.1. The Morgan fingerprint density at radius 3 is 2.55 bits per heavy atom. The van der Waals surface area contributed by atoms with Crippen molar-refractivity contribution in [2.75, 3.05) is 37.4 Å². The van der Waals surface area contributed by atoms with Gasteiger partial charge in [0, 0.05) is 47.8 Å². The van der Waals surface area contributed by atoms with Crippen molar-refractivity contribution in [1.29, 1.82) is 0 Å². The summed E-state index contributed by atoms with van der Waals surface area (Å²) in [4.78, 5) is 18.8. The van der Waals surface area contributed by atoms with E-state index in [1.165, 1.54) is 0 Å². The number of urea groups is 1. The van der Waals surface area contributed by atoms with Crippen LogP contribution in [0, 0.1) is 0 Å². The van der Waals surface area contributed by atoms with E-state index in [-0.39, 0.29) is 6.03 Å². The van der Waals surface area contributed by atoms with Crippen LogP contribution in [0.2, 0.25) is 5.02 Å². The molecule has 0 heterocycles. The number of nitrogens with zero attached hydrogens (tertiary/aromatic N) is 2. The highest BCUT2D eigenvalue weighted by molar-refractivity contribution is 6.30. The number of aliphatic imine (C=N–C) groups is 1. The summed E-state index contributed by atoms with van der Waals surface area (Å²) in [5.74, 6) is 5.87. The van der Waals surface area contributed by atoms with Gasteiger partial charge in [-0.05, 0) is 29.8 Å². The van der Waals surface area contributed by atoms with E-state index in [0.717, 1.165) is 27.7 Å². The van der Waals surface area contributed by atoms with Crippen LogP contribution in [0.4, 0.5) is 16.2 Å². The predicted molar refractivity (Wildman–Crippen MR) is 139 cm³/mol. The number of guanidine groups is 1. The topological polar surface area (TPSA) is 107 Å². The van der Waals surface area contributed by atoms with E-state index >= 15 is 0 Å². The van der Waals surface area contributed by atoms with E-state index in [9.17, 15) is 4.79 Å². The summed E-state index contributed by atoms with van der Waals surface area (Å²) in [6.07, 6.45) is 0. The summed E-state index contributed by atoms with van der Waals surface area (Å²) in [5, 5.41) is 11.4. The first kappa shape index (κ1) is 23.9. The van der Waals surface area contributed by atoms with Crippen molar-refractivity contribution < 1.29 is 4.79 Å². The molecule has 8 nitrogen and oxygen atoms in total. The lowest BCUT2D eigenvalue weighted by Crippen LogP contribution is -2.41. The maximum absolute atomic E-state index is 12.4. The molecule has 3 aromatic rings. The van der Waals surface area contributed by atoms with Crippen LogP contribution in [-0.4, -0.2) is 39.2 Å². The molecule has 2 amide bonds. The molecule has 0 saturated carbocycles. The van der Waals surface area contributed by atoms with Gasteiger partial charge >= 0.3 is 6.03 Å². The second-order valence-electron chi connectivity index (χ2n) is 7.44. The molecule has 0 fully saturated rings. The number of carbonyl (C=O) groups excluding carboxylic acids is 1. The molecule has 0 saturated heterocycles. The average molecular weight is 466 g/mol. The van der Waals surface area contributed by atoms with Gasteiger partial charge in [-0.1, -0.05) is 54.6 Å². The highest BCUT2D eigenvalue weighted by Crippen LogP contribution is 2.31. The van der Waals surface area contributed by atoms with Crippen molar-refractivity contribution in [1.82, 2.24) is 16.1 Å². The first-order valence-corrected chi connectivity index (χ1v) is 10.7. The first-order valence-electron chi connectivity index (χ1n) is 10.4. The van der Waals surface area contributed by atoms with E-state index in [0.29, 0.717) is 29.8 Å². The zero-order chi connectivity index (χ0) is 23.8. The number of fused-ring (bicyclic) bond motifs is 1. The fourth-order valence-corrected chi connectivity index (χ4v) is 3.49. The Kier molecular flexibility index (Phi) is 8.12. The highest BCUT2D eigenvalue weighted by atomic mass is 35.5. The molecule has 172 valence electrons. The minimum atomic E-state index is -0.313. The van der Waals surface area contributed by atoms with Crippen LogP contribution in [-0.2, 0) is 0 Å². The van der Waals surface area contributed by atoms with Crippen LogP contribution in [0.3, 0.4) is 0 Å². The first-order chi connectivity index (χ1) is 15.9. The zero-order valence-electron chi connectivity index (χ0n) is 18.7. The molecular weight excluding hydrogens is 438 g/mol. The maximum Gasteiger partial charge on any atom is 0.319 e. The summed E-state index contributed by atoms with van der Waals surface area (Å²) in [7, 11) is 3.98. The largest absolute Gasteiger partial charge is 0.377 e. The molecule has 3 rings (SSSR count). The Morgan fingerprint density at radius 2 is 1.85 bits per heavy atom. The molecule has 9 heteroatoms. The number of hydrogen-bond donors (Lipinski definition) is 5. The fraction of sp³-hybridized carbons (Fsp3) is 0.167. The van der Waals surface area contributed by atoms with Gasteiger partial charge in [-0.3, -0.25) is 10.4 Å². The highest BCUT2D eigenvalue weighted by Gasteiger charge is 2.09. The normalized spacial score (nSPS) is 11.1. The van der Waals surface area contributed by atoms with Gasteiger partial charge in [0.2, 0.25) is 5.96 Å². The molecule has 0 aliphatic heterocycles. The van der Waals surface area contributed by atoms with Crippen LogP contribution < -0.4 is 32.1 Å². The van der Waals surface area contributed by atoms with Gasteiger partial charge in [-0.25, -0.2) is 10.6 Å². The van der Waals surface area contributed by atoms with Crippen LogP contribution >= 0.6 is 11.6 Å². The van der Waals surface area contributed by atoms with Gasteiger partial charge in [-0.15, -0.1) is 0 Å². The third-order valence-electron chi connectivity index (χ3n) is 4.88. The molecule has 3 aromatic carbocycles. The van der Waals surface area contributed by atoms with Gasteiger partial charge in [-0.2, -0.15) is 0 Å². The van der Waals surface area contributed by atoms with E-state index < -0.39 is 0 Å². The van der Waals surface area contributed by atoms with E-state index in [1.54, 1.807) is 12.1 Å². The van der Waals surface area contributed by atoms with Crippen LogP contribution in [0.5, 0.6) is 0 Å². The molecule has 0 unspecified atom stereocenters. The number of rotatable bonds is 7. The number of hydrazine groups is 1. The molecule has 0 atom stereocenters. The molecule has 33 heavy (non-hydrogen) atoms. The van der Waals surface area contributed by atoms with E-state index in [1.807, 2.05) is 67.5 Å². The standard InChI is InChI=1S/C24H28ClN7O/c1-16(17-7-6-8-18(25)15-17)29-23(31-26)27-13-14-28-24(33)30-21-11-12-22(32(2)3)20-10-5-4-9-19(20)21/h4-12,15H,1,13-14,26H2,2-3H3,(H2,27,29,31)(H2,28,30,33). The Bertz CT molecular complexity index is 1180. The third-order valence-corrected chi connectivity index (χ3v) is 5.11.